The minimum absolute atomic E-state index is 0.138. The van der Waals surface area contributed by atoms with E-state index < -0.39 is 0 Å². The van der Waals surface area contributed by atoms with E-state index in [1.807, 2.05) is 12.1 Å². The van der Waals surface area contributed by atoms with Crippen LogP contribution in [0, 0.1) is 0 Å². The molecule has 0 atom stereocenters. The van der Waals surface area contributed by atoms with E-state index in [0.29, 0.717) is 0 Å². The molecule has 0 N–H and O–H groups in total. The largest absolute Gasteiger partial charge is 0.456 e. The molecular formula is C27H30O. The molecule has 0 aliphatic carbocycles. The summed E-state index contributed by atoms with van der Waals surface area (Å²) in [6.45, 7) is 13.7. The Hall–Kier alpha value is -2.54. The highest BCUT2D eigenvalue weighted by atomic mass is 16.3. The lowest BCUT2D eigenvalue weighted by atomic mass is 9.79. The van der Waals surface area contributed by atoms with E-state index in [4.69, 9.17) is 4.42 Å². The van der Waals surface area contributed by atoms with Crippen LogP contribution in [0.15, 0.2) is 65.1 Å². The summed E-state index contributed by atoms with van der Waals surface area (Å²) in [6, 6.07) is 22.0. The number of benzene rings is 3. The third kappa shape index (κ3) is 3.58. The Labute approximate surface area is 168 Å². The molecular weight excluding hydrogens is 340 g/mol. The van der Waals surface area contributed by atoms with Crippen LogP contribution in [0.3, 0.4) is 0 Å². The first-order chi connectivity index (χ1) is 13.1. The van der Waals surface area contributed by atoms with Crippen molar-refractivity contribution in [3.63, 3.8) is 0 Å². The first kappa shape index (κ1) is 18.8. The Kier molecular flexibility index (Phi) is 4.38. The van der Waals surface area contributed by atoms with Crippen LogP contribution in [0.5, 0.6) is 0 Å². The summed E-state index contributed by atoms with van der Waals surface area (Å²) in [5, 5.41) is 2.38. The highest BCUT2D eigenvalue weighted by Crippen LogP contribution is 2.32. The van der Waals surface area contributed by atoms with Crippen molar-refractivity contribution >= 4 is 21.9 Å². The van der Waals surface area contributed by atoms with Gasteiger partial charge in [0.15, 0.2) is 0 Å². The molecule has 0 fully saturated rings. The monoisotopic (exact) mass is 370 g/mol. The molecule has 28 heavy (non-hydrogen) atoms. The van der Waals surface area contributed by atoms with Crippen LogP contribution in [0.25, 0.3) is 21.9 Å². The molecule has 0 amide bonds. The molecule has 1 aromatic heterocycles. The summed E-state index contributed by atoms with van der Waals surface area (Å²) >= 11 is 0. The van der Waals surface area contributed by atoms with Crippen molar-refractivity contribution in [2.24, 2.45) is 0 Å². The Morgan fingerprint density at radius 1 is 0.607 bits per heavy atom. The molecule has 0 spiro atoms. The second-order valence-electron chi connectivity index (χ2n) is 10.0. The van der Waals surface area contributed by atoms with Crippen molar-refractivity contribution in [3.8, 4) is 0 Å². The minimum atomic E-state index is 0.138. The van der Waals surface area contributed by atoms with Gasteiger partial charge >= 0.3 is 0 Å². The van der Waals surface area contributed by atoms with Crippen molar-refractivity contribution in [2.45, 2.75) is 58.8 Å². The molecule has 0 unspecified atom stereocenters. The van der Waals surface area contributed by atoms with Gasteiger partial charge in [0, 0.05) is 10.8 Å². The number of furan rings is 1. The zero-order chi connectivity index (χ0) is 20.1. The van der Waals surface area contributed by atoms with E-state index in [-0.39, 0.29) is 10.8 Å². The van der Waals surface area contributed by atoms with Gasteiger partial charge in [0.25, 0.3) is 0 Å². The standard InChI is InChI=1S/C27H30O/c1-26(2,3)20-14-19(15-21(17-20)27(4,5)6)13-18-11-12-23-22-9-7-8-10-24(22)28-25(23)16-18/h7-12,14-17H,13H2,1-6H3. The van der Waals surface area contributed by atoms with Gasteiger partial charge in [0.05, 0.1) is 0 Å². The smallest absolute Gasteiger partial charge is 0.135 e. The Morgan fingerprint density at radius 2 is 1.21 bits per heavy atom. The van der Waals surface area contributed by atoms with Crippen LogP contribution < -0.4 is 0 Å². The highest BCUT2D eigenvalue weighted by molar-refractivity contribution is 6.04. The van der Waals surface area contributed by atoms with E-state index >= 15 is 0 Å². The SMILES string of the molecule is CC(C)(C)c1cc(Cc2ccc3c(c2)oc2ccccc23)cc(C(C)(C)C)c1. The predicted molar refractivity (Wildman–Crippen MR) is 120 cm³/mol. The molecule has 1 heteroatoms. The van der Waals surface area contributed by atoms with Crippen molar-refractivity contribution in [1.29, 1.82) is 0 Å². The number of rotatable bonds is 2. The summed E-state index contributed by atoms with van der Waals surface area (Å²) in [6.07, 6.45) is 0.917. The second-order valence-corrected chi connectivity index (χ2v) is 10.0. The summed E-state index contributed by atoms with van der Waals surface area (Å²) in [4.78, 5) is 0. The van der Waals surface area contributed by atoms with Gasteiger partial charge in [-0.2, -0.15) is 0 Å². The summed E-state index contributed by atoms with van der Waals surface area (Å²) in [5.41, 5.74) is 7.67. The van der Waals surface area contributed by atoms with E-state index in [9.17, 15) is 0 Å². The van der Waals surface area contributed by atoms with Crippen LogP contribution in [0.2, 0.25) is 0 Å². The third-order valence-electron chi connectivity index (χ3n) is 5.58. The average molecular weight is 371 g/mol. The first-order valence-electron chi connectivity index (χ1n) is 10.2. The zero-order valence-electron chi connectivity index (χ0n) is 17.9. The lowest BCUT2D eigenvalue weighted by Gasteiger charge is -2.26. The van der Waals surface area contributed by atoms with Crippen LogP contribution in [0.4, 0.5) is 0 Å². The molecule has 4 aromatic rings. The van der Waals surface area contributed by atoms with Gasteiger partial charge in [0.1, 0.15) is 11.2 Å². The van der Waals surface area contributed by atoms with E-state index in [0.717, 1.165) is 17.6 Å². The summed E-state index contributed by atoms with van der Waals surface area (Å²) in [7, 11) is 0. The summed E-state index contributed by atoms with van der Waals surface area (Å²) < 4.78 is 6.09. The molecule has 1 heterocycles. The maximum atomic E-state index is 6.09. The molecule has 1 nitrogen and oxygen atoms in total. The Balaban J connectivity index is 1.76. The maximum absolute atomic E-state index is 6.09. The number of hydrogen-bond donors (Lipinski definition) is 0. The number of fused-ring (bicyclic) bond motifs is 3. The van der Waals surface area contributed by atoms with E-state index in [1.54, 1.807) is 0 Å². The van der Waals surface area contributed by atoms with Crippen LogP contribution in [-0.4, -0.2) is 0 Å². The Morgan fingerprint density at radius 3 is 1.86 bits per heavy atom. The fraction of sp³-hybridized carbons (Fsp3) is 0.333. The maximum Gasteiger partial charge on any atom is 0.135 e. The molecule has 0 saturated heterocycles. The predicted octanol–water partition coefficient (Wildman–Crippen LogP) is 7.77. The molecule has 4 rings (SSSR count). The third-order valence-corrected chi connectivity index (χ3v) is 5.58. The van der Waals surface area contributed by atoms with E-state index in [2.05, 4.69) is 90.1 Å². The molecule has 0 saturated carbocycles. The van der Waals surface area contributed by atoms with Gasteiger partial charge in [-0.25, -0.2) is 0 Å². The molecule has 144 valence electrons. The fourth-order valence-electron chi connectivity index (χ4n) is 3.78. The van der Waals surface area contributed by atoms with Gasteiger partial charge in [-0.1, -0.05) is 90.1 Å². The molecule has 0 aliphatic heterocycles. The van der Waals surface area contributed by atoms with Gasteiger partial charge in [-0.3, -0.25) is 0 Å². The van der Waals surface area contributed by atoms with Crippen LogP contribution in [-0.2, 0) is 17.3 Å². The van der Waals surface area contributed by atoms with Gasteiger partial charge in [-0.15, -0.1) is 0 Å². The average Bonchev–Trinajstić information content (AvgIpc) is 2.97. The van der Waals surface area contributed by atoms with E-state index in [1.165, 1.54) is 33.0 Å². The van der Waals surface area contributed by atoms with Gasteiger partial charge in [0.2, 0.25) is 0 Å². The lowest BCUT2D eigenvalue weighted by molar-refractivity contribution is 0.567. The van der Waals surface area contributed by atoms with Crippen LogP contribution >= 0.6 is 0 Å². The van der Waals surface area contributed by atoms with Crippen molar-refractivity contribution in [2.75, 3.05) is 0 Å². The number of hydrogen-bond acceptors (Lipinski definition) is 1. The number of para-hydroxylation sites is 1. The van der Waals surface area contributed by atoms with Gasteiger partial charge in [-0.05, 0) is 51.6 Å². The molecule has 0 radical (unpaired) electrons. The first-order valence-corrected chi connectivity index (χ1v) is 10.2. The normalized spacial score (nSPS) is 12.8. The minimum Gasteiger partial charge on any atom is -0.456 e. The quantitative estimate of drug-likeness (QED) is 0.351. The zero-order valence-corrected chi connectivity index (χ0v) is 17.9. The lowest BCUT2D eigenvalue weighted by Crippen LogP contribution is -2.17. The van der Waals surface area contributed by atoms with Crippen molar-refractivity contribution < 1.29 is 4.42 Å². The molecule has 0 bridgehead atoms. The van der Waals surface area contributed by atoms with Crippen molar-refractivity contribution in [3.05, 3.63) is 82.9 Å². The Bertz CT molecular complexity index is 1110. The summed E-state index contributed by atoms with van der Waals surface area (Å²) in [5.74, 6) is 0. The molecule has 0 aliphatic rings. The molecule has 3 aromatic carbocycles. The second kappa shape index (κ2) is 6.51. The van der Waals surface area contributed by atoms with Gasteiger partial charge < -0.3 is 4.42 Å². The van der Waals surface area contributed by atoms with Crippen molar-refractivity contribution in [1.82, 2.24) is 0 Å². The highest BCUT2D eigenvalue weighted by Gasteiger charge is 2.20. The fourth-order valence-corrected chi connectivity index (χ4v) is 3.78. The topological polar surface area (TPSA) is 13.1 Å². The van der Waals surface area contributed by atoms with Crippen LogP contribution in [0.1, 0.15) is 63.8 Å².